The number of sulfonamides is 1. The number of rotatable bonds is 8. The van der Waals surface area contributed by atoms with E-state index in [-0.39, 0.29) is 11.8 Å². The van der Waals surface area contributed by atoms with Crippen LogP contribution in [0.5, 0.6) is 0 Å². The summed E-state index contributed by atoms with van der Waals surface area (Å²) >= 11 is 6.45. The van der Waals surface area contributed by atoms with Crippen LogP contribution in [-0.4, -0.2) is 85.2 Å². The van der Waals surface area contributed by atoms with Crippen molar-refractivity contribution in [3.8, 4) is 0 Å². The maximum Gasteiger partial charge on any atom is 0.215 e. The second kappa shape index (κ2) is 11.8. The Morgan fingerprint density at radius 3 is 2.42 bits per heavy atom. The van der Waals surface area contributed by atoms with E-state index in [1.807, 2.05) is 55.7 Å². The van der Waals surface area contributed by atoms with Gasteiger partial charge in [0.15, 0.2) is 0 Å². The largest absolute Gasteiger partial charge is 0.364 e. The van der Waals surface area contributed by atoms with Gasteiger partial charge >= 0.3 is 0 Å². The Morgan fingerprint density at radius 2 is 1.71 bits per heavy atom. The van der Waals surface area contributed by atoms with Crippen LogP contribution in [0.4, 0.5) is 5.69 Å². The molecular weight excluding hydrogens is 518 g/mol. The molecule has 1 aromatic heterocycles. The number of likely N-dealkylation sites (N-methyl/N-ethyl adjacent to an activating group) is 1. The lowest BCUT2D eigenvalue weighted by atomic mass is 10.1. The maximum absolute atomic E-state index is 14.1. The lowest BCUT2D eigenvalue weighted by molar-refractivity contribution is 0.160. The number of benzene rings is 2. The van der Waals surface area contributed by atoms with Gasteiger partial charge in [0.25, 0.3) is 0 Å². The molecule has 1 saturated heterocycles. The molecule has 0 radical (unpaired) electrons. The highest BCUT2D eigenvalue weighted by atomic mass is 35.5. The van der Waals surface area contributed by atoms with Gasteiger partial charge in [0.1, 0.15) is 0 Å². The average molecular weight is 556 g/mol. The summed E-state index contributed by atoms with van der Waals surface area (Å²) in [7, 11) is 0.628. The van der Waals surface area contributed by atoms with Crippen LogP contribution < -0.4 is 4.90 Å². The first-order valence-corrected chi connectivity index (χ1v) is 15.3. The van der Waals surface area contributed by atoms with Crippen LogP contribution in [0.2, 0.25) is 5.02 Å². The van der Waals surface area contributed by atoms with Crippen LogP contribution >= 0.6 is 11.6 Å². The monoisotopic (exact) mass is 555 g/mol. The first-order valence-electron chi connectivity index (χ1n) is 13.4. The molecular formula is C29H38ClN5O2S. The number of halogens is 1. The average Bonchev–Trinajstić information content (AvgIpc) is 3.23. The summed E-state index contributed by atoms with van der Waals surface area (Å²) in [6.07, 6.45) is 2.70. The zero-order valence-electron chi connectivity index (χ0n) is 22.3. The topological polar surface area (TPSA) is 52.0 Å². The summed E-state index contributed by atoms with van der Waals surface area (Å²) in [5, 5.41) is 0.624. The molecule has 2 aliphatic heterocycles. The van der Waals surface area contributed by atoms with E-state index in [9.17, 15) is 8.42 Å². The lowest BCUT2D eigenvalue weighted by Crippen LogP contribution is -2.49. The van der Waals surface area contributed by atoms with Crippen LogP contribution in [0.3, 0.4) is 0 Å². The number of piperazine rings is 1. The Morgan fingerprint density at radius 1 is 0.947 bits per heavy atom. The highest BCUT2D eigenvalue weighted by molar-refractivity contribution is 7.89. The van der Waals surface area contributed by atoms with Crippen molar-refractivity contribution >= 4 is 27.3 Å². The minimum Gasteiger partial charge on any atom is -0.364 e. The third-order valence-corrected chi connectivity index (χ3v) is 9.96. The van der Waals surface area contributed by atoms with Crippen molar-refractivity contribution < 1.29 is 8.42 Å². The van der Waals surface area contributed by atoms with E-state index < -0.39 is 10.0 Å². The van der Waals surface area contributed by atoms with Gasteiger partial charge in [-0.2, -0.15) is 4.31 Å². The normalized spacial score (nSPS) is 19.9. The van der Waals surface area contributed by atoms with Crippen molar-refractivity contribution in [1.29, 1.82) is 0 Å². The fraction of sp³-hybridized carbons (Fsp3) is 0.448. The first kappa shape index (κ1) is 27.2. The van der Waals surface area contributed by atoms with E-state index in [0.29, 0.717) is 37.6 Å². The molecule has 7 nitrogen and oxygen atoms in total. The van der Waals surface area contributed by atoms with Gasteiger partial charge in [0, 0.05) is 81.5 Å². The van der Waals surface area contributed by atoms with Crippen LogP contribution in [0.1, 0.15) is 16.8 Å². The van der Waals surface area contributed by atoms with E-state index in [2.05, 4.69) is 44.5 Å². The van der Waals surface area contributed by atoms with Gasteiger partial charge in [0.05, 0.1) is 12.3 Å². The minimum atomic E-state index is -3.53. The maximum atomic E-state index is 14.1. The molecule has 38 heavy (non-hydrogen) atoms. The number of hydrogen-bond acceptors (Lipinski definition) is 5. The van der Waals surface area contributed by atoms with Gasteiger partial charge < -0.3 is 14.4 Å². The molecule has 0 aliphatic carbocycles. The predicted molar refractivity (Wildman–Crippen MR) is 155 cm³/mol. The summed E-state index contributed by atoms with van der Waals surface area (Å²) in [5.41, 5.74) is 4.31. The number of nitrogens with zero attached hydrogens (tertiary/aromatic N) is 5. The Kier molecular flexibility index (Phi) is 8.45. The van der Waals surface area contributed by atoms with E-state index >= 15 is 0 Å². The van der Waals surface area contributed by atoms with E-state index in [4.69, 9.17) is 11.6 Å². The summed E-state index contributed by atoms with van der Waals surface area (Å²) in [4.78, 5) is 6.89. The Labute approximate surface area is 232 Å². The number of anilines is 1. The van der Waals surface area contributed by atoms with Crippen molar-refractivity contribution in [3.05, 3.63) is 88.7 Å². The second-order valence-electron chi connectivity index (χ2n) is 10.6. The first-order chi connectivity index (χ1) is 18.3. The molecule has 1 fully saturated rings. The molecule has 0 saturated carbocycles. The van der Waals surface area contributed by atoms with Crippen molar-refractivity contribution in [2.24, 2.45) is 7.05 Å². The van der Waals surface area contributed by atoms with Gasteiger partial charge in [0.2, 0.25) is 10.0 Å². The van der Waals surface area contributed by atoms with E-state index in [1.165, 1.54) is 5.69 Å². The second-order valence-corrected chi connectivity index (χ2v) is 13.1. The molecule has 9 heteroatoms. The molecule has 3 aromatic rings. The van der Waals surface area contributed by atoms with Crippen molar-refractivity contribution in [2.45, 2.75) is 25.6 Å². The summed E-state index contributed by atoms with van der Waals surface area (Å²) in [6.45, 7) is 5.93. The summed E-state index contributed by atoms with van der Waals surface area (Å²) in [5.74, 6) is 0.121. The van der Waals surface area contributed by atoms with Crippen LogP contribution in [0.15, 0.2) is 66.9 Å². The smallest absolute Gasteiger partial charge is 0.215 e. The van der Waals surface area contributed by atoms with Gasteiger partial charge in [-0.15, -0.1) is 0 Å². The molecule has 0 amide bonds. The third kappa shape index (κ3) is 6.43. The molecule has 3 heterocycles. The standard InChI is InChI=1S/C29H38ClN5O2S/c1-31-13-15-33(16-14-31)17-18-38(36,37)35-21-25-20-26(30)10-11-29(25)34(22-27-9-6-12-32(27)2)23-28(35)19-24-7-4-3-5-8-24/h3-12,20,28H,13-19,21-23H2,1-2H3/t28-/m1/s1. The molecule has 0 N–H and O–H groups in total. The van der Waals surface area contributed by atoms with Gasteiger partial charge in [-0.25, -0.2) is 8.42 Å². The fourth-order valence-electron chi connectivity index (χ4n) is 5.55. The Hall–Kier alpha value is -2.36. The third-order valence-electron chi connectivity index (χ3n) is 7.88. The van der Waals surface area contributed by atoms with Crippen molar-refractivity contribution in [3.63, 3.8) is 0 Å². The molecule has 0 spiro atoms. The molecule has 204 valence electrons. The van der Waals surface area contributed by atoms with E-state index in [1.54, 1.807) is 4.31 Å². The molecule has 1 atom stereocenters. The highest BCUT2D eigenvalue weighted by Gasteiger charge is 2.36. The van der Waals surface area contributed by atoms with Gasteiger partial charge in [-0.1, -0.05) is 41.9 Å². The van der Waals surface area contributed by atoms with Crippen LogP contribution in [0.25, 0.3) is 0 Å². The van der Waals surface area contributed by atoms with Crippen molar-refractivity contribution in [1.82, 2.24) is 18.7 Å². The van der Waals surface area contributed by atoms with Crippen LogP contribution in [0, 0.1) is 0 Å². The number of hydrogen-bond donors (Lipinski definition) is 0. The SMILES string of the molecule is CN1CCN(CCS(=O)(=O)N2Cc3cc(Cl)ccc3N(Cc3cccn3C)C[C@H]2Cc2ccccc2)CC1. The Balaban J connectivity index is 1.47. The van der Waals surface area contributed by atoms with Gasteiger partial charge in [-0.05, 0) is 54.9 Å². The zero-order valence-corrected chi connectivity index (χ0v) is 23.9. The fourth-order valence-corrected chi connectivity index (χ4v) is 7.40. The highest BCUT2D eigenvalue weighted by Crippen LogP contribution is 2.33. The number of aryl methyl sites for hydroxylation is 1. The molecule has 5 rings (SSSR count). The molecule has 0 bridgehead atoms. The van der Waals surface area contributed by atoms with Crippen LogP contribution in [-0.2, 0) is 36.6 Å². The summed E-state index contributed by atoms with van der Waals surface area (Å²) < 4.78 is 32.0. The number of aromatic nitrogens is 1. The minimum absolute atomic E-state index is 0.121. The van der Waals surface area contributed by atoms with E-state index in [0.717, 1.165) is 43.0 Å². The van der Waals surface area contributed by atoms with Gasteiger partial charge in [-0.3, -0.25) is 4.90 Å². The zero-order chi connectivity index (χ0) is 26.7. The number of fused-ring (bicyclic) bond motifs is 1. The van der Waals surface area contributed by atoms with Crippen molar-refractivity contribution in [2.75, 3.05) is 57.0 Å². The molecule has 0 unspecified atom stereocenters. The lowest BCUT2D eigenvalue weighted by Gasteiger charge is -2.34. The molecule has 2 aromatic carbocycles. The quantitative estimate of drug-likeness (QED) is 0.424. The summed E-state index contributed by atoms with van der Waals surface area (Å²) in [6, 6.07) is 20.1. The Bertz CT molecular complexity index is 1320. The predicted octanol–water partition coefficient (Wildman–Crippen LogP) is 3.69. The molecule has 2 aliphatic rings.